The van der Waals surface area contributed by atoms with Gasteiger partial charge >= 0.3 is 6.18 Å². The highest BCUT2D eigenvalue weighted by molar-refractivity contribution is 5.90. The molecule has 0 aliphatic carbocycles. The summed E-state index contributed by atoms with van der Waals surface area (Å²) < 4.78 is 39.5. The van der Waals surface area contributed by atoms with Crippen molar-refractivity contribution >= 4 is 22.4 Å². The van der Waals surface area contributed by atoms with Crippen LogP contribution in [0.3, 0.4) is 0 Å². The van der Waals surface area contributed by atoms with E-state index in [2.05, 4.69) is 20.5 Å². The van der Waals surface area contributed by atoms with Crippen molar-refractivity contribution in [3.63, 3.8) is 0 Å². The number of H-pyrrole nitrogens is 2. The third-order valence-electron chi connectivity index (χ3n) is 3.80. The maximum atomic E-state index is 13.2. The van der Waals surface area contributed by atoms with E-state index < -0.39 is 12.2 Å². The van der Waals surface area contributed by atoms with E-state index >= 15 is 0 Å². The molecule has 3 aromatic rings. The summed E-state index contributed by atoms with van der Waals surface area (Å²) in [6.07, 6.45) is -2.87. The Morgan fingerprint density at radius 1 is 1.16 bits per heavy atom. The van der Waals surface area contributed by atoms with Crippen LogP contribution in [0.4, 0.5) is 24.7 Å². The number of hydrogen-bond donors (Lipinski definition) is 3. The van der Waals surface area contributed by atoms with Gasteiger partial charge in [-0.2, -0.15) is 18.3 Å². The van der Waals surface area contributed by atoms with Crippen molar-refractivity contribution < 1.29 is 13.2 Å². The number of aromatic amines is 2. The van der Waals surface area contributed by atoms with Crippen molar-refractivity contribution in [1.29, 1.82) is 0 Å². The second-order valence-electron chi connectivity index (χ2n) is 5.82. The van der Waals surface area contributed by atoms with E-state index in [1.54, 1.807) is 6.07 Å². The summed E-state index contributed by atoms with van der Waals surface area (Å²) in [5, 5.41) is 10.1. The minimum Gasteiger partial charge on any atom is -0.338 e. The fraction of sp³-hybridized carbons (Fsp3) is 0.250. The number of nitrogens with zero attached hydrogens (tertiary/aromatic N) is 2. The van der Waals surface area contributed by atoms with Crippen LogP contribution < -0.4 is 10.9 Å². The standard InChI is InChI=1S/C16H16F3N5O/c1-24(2)13(16(17,18)19)9-3-5-10(6-4-9)21-14-12-11(22-23-14)7-8-20-15(12)25/h3-8,13H,1-2H3,(H,20,25)(H2,21,22,23). The number of anilines is 2. The molecule has 6 nitrogen and oxygen atoms in total. The van der Waals surface area contributed by atoms with Gasteiger partial charge in [0.25, 0.3) is 5.56 Å². The summed E-state index contributed by atoms with van der Waals surface area (Å²) in [6.45, 7) is 0. The number of benzene rings is 1. The number of nitrogens with one attached hydrogen (secondary N) is 3. The van der Waals surface area contributed by atoms with Crippen molar-refractivity contribution in [3.8, 4) is 0 Å². The molecule has 0 aliphatic rings. The summed E-state index contributed by atoms with van der Waals surface area (Å²) in [4.78, 5) is 15.6. The van der Waals surface area contributed by atoms with Gasteiger partial charge in [-0.25, -0.2) is 0 Å². The molecular formula is C16H16F3N5O. The molecule has 132 valence electrons. The first kappa shape index (κ1) is 17.0. The Bertz CT molecular complexity index is 927. The van der Waals surface area contributed by atoms with Gasteiger partial charge < -0.3 is 10.3 Å². The molecule has 2 aromatic heterocycles. The first-order valence-corrected chi connectivity index (χ1v) is 7.43. The Balaban J connectivity index is 1.89. The largest absolute Gasteiger partial charge is 0.408 e. The summed E-state index contributed by atoms with van der Waals surface area (Å²) in [6, 6.07) is 5.84. The van der Waals surface area contributed by atoms with Crippen LogP contribution >= 0.6 is 0 Å². The summed E-state index contributed by atoms with van der Waals surface area (Å²) >= 11 is 0. The van der Waals surface area contributed by atoms with Gasteiger partial charge in [0, 0.05) is 11.9 Å². The highest BCUT2D eigenvalue weighted by Crippen LogP contribution is 2.36. The maximum absolute atomic E-state index is 13.2. The van der Waals surface area contributed by atoms with Crippen molar-refractivity contribution in [2.24, 2.45) is 0 Å². The Morgan fingerprint density at radius 2 is 1.84 bits per heavy atom. The monoisotopic (exact) mass is 351 g/mol. The lowest BCUT2D eigenvalue weighted by Gasteiger charge is -2.27. The van der Waals surface area contributed by atoms with Crippen LogP contribution in [-0.4, -0.2) is 40.4 Å². The topological polar surface area (TPSA) is 76.8 Å². The van der Waals surface area contributed by atoms with Crippen LogP contribution in [0.25, 0.3) is 10.9 Å². The van der Waals surface area contributed by atoms with Crippen molar-refractivity contribution in [3.05, 3.63) is 52.4 Å². The zero-order chi connectivity index (χ0) is 18.2. The zero-order valence-corrected chi connectivity index (χ0v) is 13.5. The van der Waals surface area contributed by atoms with E-state index in [4.69, 9.17) is 0 Å². The van der Waals surface area contributed by atoms with Crippen LogP contribution in [0, 0.1) is 0 Å². The first-order chi connectivity index (χ1) is 11.8. The molecule has 0 bridgehead atoms. The average molecular weight is 351 g/mol. The third-order valence-corrected chi connectivity index (χ3v) is 3.80. The van der Waals surface area contributed by atoms with Crippen LogP contribution in [-0.2, 0) is 0 Å². The molecular weight excluding hydrogens is 335 g/mol. The third kappa shape index (κ3) is 3.36. The molecule has 2 heterocycles. The molecule has 0 radical (unpaired) electrons. The quantitative estimate of drug-likeness (QED) is 0.675. The lowest BCUT2D eigenvalue weighted by atomic mass is 10.1. The minimum absolute atomic E-state index is 0.132. The fourth-order valence-electron chi connectivity index (χ4n) is 2.73. The Kier molecular flexibility index (Phi) is 4.25. The van der Waals surface area contributed by atoms with Gasteiger partial charge in [0.1, 0.15) is 11.4 Å². The molecule has 0 aliphatic heterocycles. The maximum Gasteiger partial charge on any atom is 0.408 e. The normalized spacial score (nSPS) is 13.4. The van der Waals surface area contributed by atoms with Crippen LogP contribution in [0.2, 0.25) is 0 Å². The number of alkyl halides is 3. The van der Waals surface area contributed by atoms with Gasteiger partial charge in [0.05, 0.1) is 5.52 Å². The predicted molar refractivity (Wildman–Crippen MR) is 88.9 cm³/mol. The van der Waals surface area contributed by atoms with E-state index in [0.717, 1.165) is 4.90 Å². The number of pyridine rings is 1. The van der Waals surface area contributed by atoms with Crippen LogP contribution in [0.15, 0.2) is 41.3 Å². The van der Waals surface area contributed by atoms with Gasteiger partial charge in [-0.1, -0.05) is 12.1 Å². The molecule has 9 heteroatoms. The Morgan fingerprint density at radius 3 is 2.44 bits per heavy atom. The smallest absolute Gasteiger partial charge is 0.338 e. The van der Waals surface area contributed by atoms with Gasteiger partial charge in [0.2, 0.25) is 0 Å². The lowest BCUT2D eigenvalue weighted by molar-refractivity contribution is -0.179. The van der Waals surface area contributed by atoms with E-state index in [1.807, 2.05) is 0 Å². The SMILES string of the molecule is CN(C)C(c1ccc(Nc2n[nH]c3cc[nH]c(=O)c23)cc1)C(F)(F)F. The number of halogens is 3. The van der Waals surface area contributed by atoms with E-state index in [0.29, 0.717) is 22.4 Å². The molecule has 0 fully saturated rings. The second kappa shape index (κ2) is 6.25. The number of fused-ring (bicyclic) bond motifs is 1. The van der Waals surface area contributed by atoms with Gasteiger partial charge in [-0.3, -0.25) is 14.8 Å². The molecule has 0 spiro atoms. The molecule has 0 saturated carbocycles. The van der Waals surface area contributed by atoms with E-state index in [1.165, 1.54) is 44.6 Å². The number of hydrogen-bond acceptors (Lipinski definition) is 4. The molecule has 25 heavy (non-hydrogen) atoms. The van der Waals surface area contributed by atoms with Crippen molar-refractivity contribution in [2.75, 3.05) is 19.4 Å². The number of rotatable bonds is 4. The highest BCUT2D eigenvalue weighted by Gasteiger charge is 2.42. The summed E-state index contributed by atoms with van der Waals surface area (Å²) in [7, 11) is 2.76. The predicted octanol–water partition coefficient (Wildman–Crippen LogP) is 3.16. The number of aromatic nitrogens is 3. The minimum atomic E-state index is -4.37. The molecule has 3 N–H and O–H groups in total. The zero-order valence-electron chi connectivity index (χ0n) is 13.5. The molecule has 1 aromatic carbocycles. The average Bonchev–Trinajstić information content (AvgIpc) is 2.92. The first-order valence-electron chi connectivity index (χ1n) is 7.43. The van der Waals surface area contributed by atoms with Gasteiger partial charge in [-0.05, 0) is 37.9 Å². The highest BCUT2D eigenvalue weighted by atomic mass is 19.4. The molecule has 0 amide bonds. The lowest BCUT2D eigenvalue weighted by Crippen LogP contribution is -2.33. The molecule has 0 saturated heterocycles. The van der Waals surface area contributed by atoms with E-state index in [-0.39, 0.29) is 11.1 Å². The molecule has 1 atom stereocenters. The summed E-state index contributed by atoms with van der Waals surface area (Å²) in [5.41, 5.74) is 0.913. The second-order valence-corrected chi connectivity index (χ2v) is 5.82. The van der Waals surface area contributed by atoms with Gasteiger partial charge in [0.15, 0.2) is 5.82 Å². The van der Waals surface area contributed by atoms with Crippen LogP contribution in [0.1, 0.15) is 11.6 Å². The molecule has 1 unspecified atom stereocenters. The Labute approximate surface area is 140 Å². The Hall–Kier alpha value is -2.81. The summed E-state index contributed by atoms with van der Waals surface area (Å²) in [5.74, 6) is 0.310. The van der Waals surface area contributed by atoms with Crippen molar-refractivity contribution in [2.45, 2.75) is 12.2 Å². The van der Waals surface area contributed by atoms with Crippen molar-refractivity contribution in [1.82, 2.24) is 20.1 Å². The van der Waals surface area contributed by atoms with E-state index in [9.17, 15) is 18.0 Å². The van der Waals surface area contributed by atoms with Gasteiger partial charge in [-0.15, -0.1) is 0 Å². The van der Waals surface area contributed by atoms with Crippen LogP contribution in [0.5, 0.6) is 0 Å². The fourth-order valence-corrected chi connectivity index (χ4v) is 2.73. The molecule has 3 rings (SSSR count).